The number of methoxy groups -OCH3 is 2. The fourth-order valence-electron chi connectivity index (χ4n) is 2.26. The minimum atomic E-state index is -4.01. The number of carbonyl (C=O) groups excluding carboxylic acids is 1. The van der Waals surface area contributed by atoms with Crippen molar-refractivity contribution in [1.29, 1.82) is 0 Å². The van der Waals surface area contributed by atoms with Crippen molar-refractivity contribution in [3.63, 3.8) is 0 Å². The third kappa shape index (κ3) is 5.21. The second-order valence-corrected chi connectivity index (χ2v) is 7.68. The highest BCUT2D eigenvalue weighted by Gasteiger charge is 2.27. The molecule has 28 heavy (non-hydrogen) atoms. The molecule has 0 saturated carbocycles. The van der Waals surface area contributed by atoms with E-state index in [9.17, 15) is 18.3 Å². The van der Waals surface area contributed by atoms with E-state index >= 15 is 0 Å². The predicted octanol–water partition coefficient (Wildman–Crippen LogP) is 1.18. The van der Waals surface area contributed by atoms with E-state index in [-0.39, 0.29) is 16.4 Å². The van der Waals surface area contributed by atoms with Crippen LogP contribution in [0.3, 0.4) is 0 Å². The highest BCUT2D eigenvalue weighted by atomic mass is 32.2. The zero-order valence-corrected chi connectivity index (χ0v) is 16.4. The van der Waals surface area contributed by atoms with E-state index in [4.69, 9.17) is 9.47 Å². The lowest BCUT2D eigenvalue weighted by molar-refractivity contribution is -0.121. The number of carbonyl (C=O) groups is 1. The summed E-state index contributed by atoms with van der Waals surface area (Å²) in [4.78, 5) is 11.9. The van der Waals surface area contributed by atoms with E-state index in [1.165, 1.54) is 51.7 Å². The maximum Gasteiger partial charge on any atom is 0.255 e. The number of sulfonamides is 1. The molecule has 2 rings (SSSR count). The largest absolute Gasteiger partial charge is 0.508 e. The average Bonchev–Trinajstić information content (AvgIpc) is 2.67. The summed E-state index contributed by atoms with van der Waals surface area (Å²) >= 11 is 0. The normalized spacial score (nSPS) is 11.6. The molecule has 0 aliphatic heterocycles. The summed E-state index contributed by atoms with van der Waals surface area (Å²) in [5, 5.41) is 13.1. The van der Waals surface area contributed by atoms with Gasteiger partial charge < -0.3 is 14.6 Å². The molecular weight excluding hydrogens is 386 g/mol. The van der Waals surface area contributed by atoms with E-state index in [0.717, 1.165) is 4.31 Å². The van der Waals surface area contributed by atoms with Crippen molar-refractivity contribution in [2.45, 2.75) is 4.90 Å². The minimum absolute atomic E-state index is 0.0633. The molecule has 10 heteroatoms. The van der Waals surface area contributed by atoms with Crippen LogP contribution in [0, 0.1) is 0 Å². The Morgan fingerprint density at radius 1 is 1.21 bits per heavy atom. The minimum Gasteiger partial charge on any atom is -0.508 e. The van der Waals surface area contributed by atoms with Gasteiger partial charge in [0.1, 0.15) is 22.1 Å². The number of aromatic hydroxyl groups is 1. The van der Waals surface area contributed by atoms with Crippen LogP contribution < -0.4 is 14.9 Å². The summed E-state index contributed by atoms with van der Waals surface area (Å²) in [5.41, 5.74) is 2.81. The van der Waals surface area contributed by atoms with Crippen LogP contribution >= 0.6 is 0 Å². The third-order valence-electron chi connectivity index (χ3n) is 3.70. The van der Waals surface area contributed by atoms with Gasteiger partial charge in [-0.25, -0.2) is 13.8 Å². The molecule has 0 aliphatic carbocycles. The highest BCUT2D eigenvalue weighted by Crippen LogP contribution is 2.30. The molecule has 150 valence electrons. The molecule has 0 bridgehead atoms. The number of benzene rings is 2. The van der Waals surface area contributed by atoms with Crippen LogP contribution in [-0.2, 0) is 14.8 Å². The van der Waals surface area contributed by atoms with Crippen molar-refractivity contribution in [2.24, 2.45) is 5.10 Å². The van der Waals surface area contributed by atoms with Gasteiger partial charge in [-0.15, -0.1) is 0 Å². The van der Waals surface area contributed by atoms with Gasteiger partial charge in [-0.3, -0.25) is 4.79 Å². The van der Waals surface area contributed by atoms with Gasteiger partial charge in [0.2, 0.25) is 10.0 Å². The summed E-state index contributed by atoms with van der Waals surface area (Å²) in [6, 6.07) is 10.6. The zero-order chi connectivity index (χ0) is 20.7. The number of phenolic OH excluding ortho intramolecular Hbond substituents is 1. The molecule has 0 unspecified atom stereocenters. The first-order valence-electron chi connectivity index (χ1n) is 8.07. The number of nitrogens with zero attached hydrogens (tertiary/aromatic N) is 2. The van der Waals surface area contributed by atoms with Gasteiger partial charge in [-0.1, -0.05) is 12.1 Å². The molecule has 0 aromatic heterocycles. The summed E-state index contributed by atoms with van der Waals surface area (Å²) in [6.45, 7) is -0.458. The quantitative estimate of drug-likeness (QED) is 0.501. The molecule has 0 fully saturated rings. The Hall–Kier alpha value is -3.11. The molecule has 0 spiro atoms. The fourth-order valence-corrected chi connectivity index (χ4v) is 3.55. The fraction of sp³-hybridized carbons (Fsp3) is 0.222. The Kier molecular flexibility index (Phi) is 6.96. The molecule has 0 saturated heterocycles. The Morgan fingerprint density at radius 2 is 1.96 bits per heavy atom. The number of rotatable bonds is 8. The van der Waals surface area contributed by atoms with Crippen molar-refractivity contribution in [2.75, 3.05) is 27.8 Å². The van der Waals surface area contributed by atoms with Crippen LogP contribution in [-0.4, -0.2) is 57.8 Å². The molecule has 0 heterocycles. The number of amides is 1. The summed E-state index contributed by atoms with van der Waals surface area (Å²) < 4.78 is 36.6. The molecule has 2 aromatic rings. The first-order chi connectivity index (χ1) is 13.3. The maximum absolute atomic E-state index is 12.8. The number of hydrogen-bond donors (Lipinski definition) is 2. The maximum atomic E-state index is 12.8. The van der Waals surface area contributed by atoms with Crippen LogP contribution in [0.4, 0.5) is 0 Å². The Balaban J connectivity index is 2.08. The molecule has 2 aromatic carbocycles. The summed E-state index contributed by atoms with van der Waals surface area (Å²) in [5.74, 6) is -0.0967. The lowest BCUT2D eigenvalue weighted by Crippen LogP contribution is -2.36. The van der Waals surface area contributed by atoms with Crippen molar-refractivity contribution in [3.05, 3.63) is 48.0 Å². The van der Waals surface area contributed by atoms with E-state index in [1.54, 1.807) is 18.2 Å². The lowest BCUT2D eigenvalue weighted by Gasteiger charge is -2.18. The molecule has 1 amide bonds. The summed E-state index contributed by atoms with van der Waals surface area (Å²) in [6.07, 6.45) is 1.33. The lowest BCUT2D eigenvalue weighted by atomic mass is 10.2. The number of hydrazone groups is 1. The van der Waals surface area contributed by atoms with Gasteiger partial charge >= 0.3 is 0 Å². The Labute approximate surface area is 163 Å². The second-order valence-electron chi connectivity index (χ2n) is 5.67. The van der Waals surface area contributed by atoms with Crippen LogP contribution in [0.25, 0.3) is 0 Å². The number of hydrogen-bond acceptors (Lipinski definition) is 7. The molecular formula is C18H21N3O6S. The molecule has 9 nitrogen and oxygen atoms in total. The number of phenols is 1. The van der Waals surface area contributed by atoms with Gasteiger partial charge in [-0.05, 0) is 29.8 Å². The van der Waals surface area contributed by atoms with Crippen LogP contribution in [0.5, 0.6) is 17.2 Å². The van der Waals surface area contributed by atoms with Crippen molar-refractivity contribution < 1.29 is 27.8 Å². The van der Waals surface area contributed by atoms with Crippen LogP contribution in [0.2, 0.25) is 0 Å². The van der Waals surface area contributed by atoms with Crippen LogP contribution in [0.15, 0.2) is 52.5 Å². The predicted molar refractivity (Wildman–Crippen MR) is 103 cm³/mol. The van der Waals surface area contributed by atoms with E-state index in [2.05, 4.69) is 10.5 Å². The SMILES string of the molecule is COc1ccc(OC)c(S(=O)(=O)N(C)CC(=O)N/N=C\c2cccc(O)c2)c1. The van der Waals surface area contributed by atoms with E-state index in [1.807, 2.05) is 0 Å². The Morgan fingerprint density at radius 3 is 2.61 bits per heavy atom. The monoisotopic (exact) mass is 407 g/mol. The van der Waals surface area contributed by atoms with Gasteiger partial charge in [0.25, 0.3) is 5.91 Å². The van der Waals surface area contributed by atoms with Gasteiger partial charge in [0.15, 0.2) is 0 Å². The molecule has 2 N–H and O–H groups in total. The first kappa shape index (κ1) is 21.2. The van der Waals surface area contributed by atoms with E-state index < -0.39 is 22.5 Å². The molecule has 0 radical (unpaired) electrons. The zero-order valence-electron chi connectivity index (χ0n) is 15.6. The van der Waals surface area contributed by atoms with Crippen molar-refractivity contribution in [1.82, 2.24) is 9.73 Å². The number of ether oxygens (including phenoxy) is 2. The van der Waals surface area contributed by atoms with Gasteiger partial charge in [0, 0.05) is 13.1 Å². The van der Waals surface area contributed by atoms with Crippen LogP contribution in [0.1, 0.15) is 5.56 Å². The molecule has 0 aliphatic rings. The summed E-state index contributed by atoms with van der Waals surface area (Å²) in [7, 11) is 0.0283. The first-order valence-corrected chi connectivity index (χ1v) is 9.51. The van der Waals surface area contributed by atoms with Gasteiger partial charge in [0.05, 0.1) is 27.0 Å². The number of likely N-dealkylation sites (N-methyl/N-ethyl adjacent to an activating group) is 1. The Bertz CT molecular complexity index is 975. The van der Waals surface area contributed by atoms with E-state index in [0.29, 0.717) is 11.3 Å². The van der Waals surface area contributed by atoms with Gasteiger partial charge in [-0.2, -0.15) is 9.41 Å². The standard InChI is InChI=1S/C18H21N3O6S/c1-21(12-18(23)20-19-11-13-5-4-6-14(22)9-13)28(24,25)17-10-15(26-2)7-8-16(17)27-3/h4-11,22H,12H2,1-3H3,(H,20,23)/b19-11-. The number of nitrogens with one attached hydrogen (secondary N) is 1. The topological polar surface area (TPSA) is 118 Å². The molecule has 0 atom stereocenters. The third-order valence-corrected chi connectivity index (χ3v) is 5.52. The smallest absolute Gasteiger partial charge is 0.255 e. The van der Waals surface area contributed by atoms with Crippen molar-refractivity contribution >= 4 is 22.1 Å². The second kappa shape index (κ2) is 9.20. The average molecular weight is 407 g/mol. The van der Waals surface area contributed by atoms with Crippen molar-refractivity contribution in [3.8, 4) is 17.2 Å². The highest BCUT2D eigenvalue weighted by molar-refractivity contribution is 7.89.